The maximum atomic E-state index is 9.99. The normalized spacial score (nSPS) is 29.6. The molecule has 1 rings (SSSR count). The number of nitrogens with zero attached hydrogens (tertiary/aromatic N) is 1. The highest BCUT2D eigenvalue weighted by Crippen LogP contribution is 2.19. The number of likely N-dealkylation sites (tertiary alicyclic amines) is 1. The maximum Gasteiger partial charge on any atom is 0.0743 e. The zero-order valence-electron chi connectivity index (χ0n) is 9.92. The molecule has 84 valence electrons. The fourth-order valence-electron chi connectivity index (χ4n) is 2.07. The minimum Gasteiger partial charge on any atom is -0.389 e. The lowest BCUT2D eigenvalue weighted by Crippen LogP contribution is -2.40. The van der Waals surface area contributed by atoms with Crippen LogP contribution < -0.4 is 0 Å². The standard InChI is InChI=1S/C12H25NO/c1-4-12(3,14)10-13-8-5-6-11(2)7-9-13/h11,14H,4-10H2,1-3H3. The molecule has 0 bridgehead atoms. The molecular formula is C12H25NO. The van der Waals surface area contributed by atoms with E-state index in [1.54, 1.807) is 0 Å². The Morgan fingerprint density at radius 1 is 1.36 bits per heavy atom. The molecule has 2 heteroatoms. The first-order valence-electron chi connectivity index (χ1n) is 5.98. The molecule has 1 saturated heterocycles. The lowest BCUT2D eigenvalue weighted by Gasteiger charge is -2.29. The van der Waals surface area contributed by atoms with E-state index in [-0.39, 0.29) is 0 Å². The molecule has 0 aliphatic carbocycles. The number of aliphatic hydroxyl groups is 1. The molecule has 0 saturated carbocycles. The number of β-amino-alcohol motifs (C(OH)–C–C–N with tert-alkyl or cyclic N) is 1. The van der Waals surface area contributed by atoms with E-state index < -0.39 is 5.60 Å². The van der Waals surface area contributed by atoms with E-state index >= 15 is 0 Å². The Labute approximate surface area is 88.3 Å². The average molecular weight is 199 g/mol. The molecule has 14 heavy (non-hydrogen) atoms. The molecule has 1 fully saturated rings. The van der Waals surface area contributed by atoms with E-state index in [4.69, 9.17) is 0 Å². The van der Waals surface area contributed by atoms with Crippen LogP contribution in [0.4, 0.5) is 0 Å². The summed E-state index contributed by atoms with van der Waals surface area (Å²) in [5.74, 6) is 0.867. The van der Waals surface area contributed by atoms with Crippen LogP contribution >= 0.6 is 0 Å². The van der Waals surface area contributed by atoms with Crippen molar-refractivity contribution >= 4 is 0 Å². The highest BCUT2D eigenvalue weighted by molar-refractivity contribution is 4.77. The van der Waals surface area contributed by atoms with E-state index in [1.165, 1.54) is 25.8 Å². The van der Waals surface area contributed by atoms with Gasteiger partial charge in [-0.15, -0.1) is 0 Å². The van der Waals surface area contributed by atoms with Gasteiger partial charge >= 0.3 is 0 Å². The fourth-order valence-corrected chi connectivity index (χ4v) is 2.07. The minimum absolute atomic E-state index is 0.492. The second-order valence-corrected chi connectivity index (χ2v) is 5.16. The summed E-state index contributed by atoms with van der Waals surface area (Å²) < 4.78 is 0. The molecule has 0 aromatic rings. The summed E-state index contributed by atoms with van der Waals surface area (Å²) in [6, 6.07) is 0. The number of rotatable bonds is 3. The summed E-state index contributed by atoms with van der Waals surface area (Å²) in [5.41, 5.74) is -0.492. The van der Waals surface area contributed by atoms with Crippen molar-refractivity contribution in [2.24, 2.45) is 5.92 Å². The summed E-state index contributed by atoms with van der Waals surface area (Å²) in [4.78, 5) is 2.42. The van der Waals surface area contributed by atoms with Crippen molar-refractivity contribution in [3.8, 4) is 0 Å². The predicted molar refractivity (Wildman–Crippen MR) is 60.4 cm³/mol. The predicted octanol–water partition coefficient (Wildman–Crippen LogP) is 2.27. The van der Waals surface area contributed by atoms with Crippen molar-refractivity contribution in [2.45, 2.75) is 52.1 Å². The van der Waals surface area contributed by atoms with Crippen molar-refractivity contribution < 1.29 is 5.11 Å². The first-order chi connectivity index (χ1) is 6.53. The Hall–Kier alpha value is -0.0800. The zero-order valence-corrected chi connectivity index (χ0v) is 9.92. The SMILES string of the molecule is CCC(C)(O)CN1CCCC(C)CC1. The Bertz CT molecular complexity index is 168. The second-order valence-electron chi connectivity index (χ2n) is 5.16. The van der Waals surface area contributed by atoms with Gasteiger partial charge in [0.1, 0.15) is 0 Å². The molecule has 2 atom stereocenters. The van der Waals surface area contributed by atoms with E-state index in [2.05, 4.69) is 18.7 Å². The third-order valence-corrected chi connectivity index (χ3v) is 3.44. The van der Waals surface area contributed by atoms with Gasteiger partial charge in [0.25, 0.3) is 0 Å². The van der Waals surface area contributed by atoms with Crippen LogP contribution in [0.3, 0.4) is 0 Å². The maximum absolute atomic E-state index is 9.99. The summed E-state index contributed by atoms with van der Waals surface area (Å²) in [6.07, 6.45) is 4.78. The molecule has 2 nitrogen and oxygen atoms in total. The summed E-state index contributed by atoms with van der Waals surface area (Å²) >= 11 is 0. The molecular weight excluding hydrogens is 174 g/mol. The first-order valence-corrected chi connectivity index (χ1v) is 5.98. The minimum atomic E-state index is -0.492. The van der Waals surface area contributed by atoms with Crippen LogP contribution in [0.1, 0.15) is 46.5 Å². The Kier molecular flexibility index (Phi) is 4.39. The van der Waals surface area contributed by atoms with Gasteiger partial charge in [-0.3, -0.25) is 0 Å². The third kappa shape index (κ3) is 3.97. The van der Waals surface area contributed by atoms with Gasteiger partial charge in [0.2, 0.25) is 0 Å². The largest absolute Gasteiger partial charge is 0.389 e. The van der Waals surface area contributed by atoms with Gasteiger partial charge in [0.15, 0.2) is 0 Å². The van der Waals surface area contributed by atoms with Crippen LogP contribution in [-0.4, -0.2) is 35.2 Å². The van der Waals surface area contributed by atoms with Gasteiger partial charge in [-0.25, -0.2) is 0 Å². The fraction of sp³-hybridized carbons (Fsp3) is 1.00. The lowest BCUT2D eigenvalue weighted by atomic mass is 10.0. The van der Waals surface area contributed by atoms with E-state index in [9.17, 15) is 5.11 Å². The highest BCUT2D eigenvalue weighted by atomic mass is 16.3. The van der Waals surface area contributed by atoms with Crippen LogP contribution in [-0.2, 0) is 0 Å². The molecule has 0 aromatic carbocycles. The molecule has 1 aliphatic heterocycles. The molecule has 2 unspecified atom stereocenters. The topological polar surface area (TPSA) is 23.5 Å². The van der Waals surface area contributed by atoms with Crippen molar-refractivity contribution in [3.05, 3.63) is 0 Å². The van der Waals surface area contributed by atoms with Crippen molar-refractivity contribution in [3.63, 3.8) is 0 Å². The summed E-state index contributed by atoms with van der Waals surface area (Å²) in [6.45, 7) is 9.51. The first kappa shape index (κ1) is 12.0. The molecule has 0 aromatic heterocycles. The molecule has 1 heterocycles. The van der Waals surface area contributed by atoms with Gasteiger partial charge in [-0.1, -0.05) is 13.8 Å². The lowest BCUT2D eigenvalue weighted by molar-refractivity contribution is 0.0171. The van der Waals surface area contributed by atoms with Gasteiger partial charge < -0.3 is 10.0 Å². The van der Waals surface area contributed by atoms with Gasteiger partial charge in [-0.05, 0) is 51.6 Å². The van der Waals surface area contributed by atoms with Gasteiger partial charge in [0.05, 0.1) is 5.60 Å². The third-order valence-electron chi connectivity index (χ3n) is 3.44. The van der Waals surface area contributed by atoms with Crippen LogP contribution in [0.25, 0.3) is 0 Å². The molecule has 0 spiro atoms. The molecule has 1 N–H and O–H groups in total. The molecule has 1 aliphatic rings. The van der Waals surface area contributed by atoms with E-state index in [0.29, 0.717) is 0 Å². The van der Waals surface area contributed by atoms with E-state index in [0.717, 1.165) is 25.4 Å². The monoisotopic (exact) mass is 199 g/mol. The number of hydrogen-bond acceptors (Lipinski definition) is 2. The van der Waals surface area contributed by atoms with Crippen LogP contribution in [0, 0.1) is 5.92 Å². The van der Waals surface area contributed by atoms with Crippen LogP contribution in [0.15, 0.2) is 0 Å². The van der Waals surface area contributed by atoms with Crippen molar-refractivity contribution in [2.75, 3.05) is 19.6 Å². The Morgan fingerprint density at radius 3 is 2.71 bits per heavy atom. The van der Waals surface area contributed by atoms with Crippen molar-refractivity contribution in [1.82, 2.24) is 4.90 Å². The quantitative estimate of drug-likeness (QED) is 0.753. The van der Waals surface area contributed by atoms with Crippen molar-refractivity contribution in [1.29, 1.82) is 0 Å². The Balaban J connectivity index is 2.37. The van der Waals surface area contributed by atoms with E-state index in [1.807, 2.05) is 6.92 Å². The smallest absolute Gasteiger partial charge is 0.0743 e. The van der Waals surface area contributed by atoms with Crippen LogP contribution in [0.5, 0.6) is 0 Å². The summed E-state index contributed by atoms with van der Waals surface area (Å²) in [5, 5.41) is 9.99. The second kappa shape index (κ2) is 5.13. The average Bonchev–Trinajstić information content (AvgIpc) is 2.31. The molecule has 0 amide bonds. The number of hydrogen-bond donors (Lipinski definition) is 1. The molecule has 0 radical (unpaired) electrons. The zero-order chi connectivity index (χ0) is 10.6. The Morgan fingerprint density at radius 2 is 2.07 bits per heavy atom. The van der Waals surface area contributed by atoms with Gasteiger partial charge in [0, 0.05) is 6.54 Å². The van der Waals surface area contributed by atoms with Gasteiger partial charge in [-0.2, -0.15) is 0 Å². The highest BCUT2D eigenvalue weighted by Gasteiger charge is 2.23. The summed E-state index contributed by atoms with van der Waals surface area (Å²) in [7, 11) is 0. The van der Waals surface area contributed by atoms with Crippen LogP contribution in [0.2, 0.25) is 0 Å².